The Morgan fingerprint density at radius 3 is 2.06 bits per heavy atom. The van der Waals surface area contributed by atoms with Gasteiger partial charge in [-0.25, -0.2) is 0 Å². The molecule has 0 saturated heterocycles. The first-order chi connectivity index (χ1) is 17.2. The molecule has 0 fully saturated rings. The summed E-state index contributed by atoms with van der Waals surface area (Å²) in [6.07, 6.45) is 5.42. The highest BCUT2D eigenvalue weighted by atomic mass is 32.1. The fourth-order valence-corrected chi connectivity index (χ4v) is 10.4. The van der Waals surface area contributed by atoms with E-state index in [1.807, 2.05) is 0 Å². The predicted octanol–water partition coefficient (Wildman–Crippen LogP) is 6.56. The third-order valence-electron chi connectivity index (χ3n) is 8.41. The molecule has 0 bridgehead atoms. The van der Waals surface area contributed by atoms with Crippen molar-refractivity contribution in [1.82, 2.24) is 10.6 Å². The minimum absolute atomic E-state index is 0.0625. The van der Waals surface area contributed by atoms with E-state index in [1.54, 1.807) is 34.0 Å². The molecule has 0 atom stereocenters. The zero-order valence-corrected chi connectivity index (χ0v) is 22.7. The van der Waals surface area contributed by atoms with E-state index in [-0.39, 0.29) is 22.6 Å². The average Bonchev–Trinajstić information content (AvgIpc) is 3.65. The minimum atomic E-state index is -0.201. The molecule has 36 heavy (non-hydrogen) atoms. The van der Waals surface area contributed by atoms with Crippen LogP contribution in [0.2, 0.25) is 0 Å². The van der Waals surface area contributed by atoms with Crippen LogP contribution in [-0.2, 0) is 20.4 Å². The first-order valence-electron chi connectivity index (χ1n) is 12.1. The number of carbonyl (C=O) groups excluding carboxylic acids is 2. The van der Waals surface area contributed by atoms with Crippen molar-refractivity contribution >= 4 is 62.8 Å². The van der Waals surface area contributed by atoms with Crippen LogP contribution in [0.25, 0.3) is 26.7 Å². The second kappa shape index (κ2) is 6.46. The highest BCUT2D eigenvalue weighted by molar-refractivity contribution is 7.22. The van der Waals surface area contributed by atoms with Crippen LogP contribution in [0.3, 0.4) is 0 Å². The summed E-state index contributed by atoms with van der Waals surface area (Å²) in [6, 6.07) is 6.57. The summed E-state index contributed by atoms with van der Waals surface area (Å²) >= 11 is 5.12. The third kappa shape index (κ3) is 2.35. The maximum absolute atomic E-state index is 13.3. The molecule has 0 aromatic carbocycles. The number of thiophene rings is 3. The van der Waals surface area contributed by atoms with Crippen molar-refractivity contribution in [2.75, 3.05) is 0 Å². The van der Waals surface area contributed by atoms with Gasteiger partial charge in [-0.1, -0.05) is 39.8 Å². The van der Waals surface area contributed by atoms with Gasteiger partial charge in [0, 0.05) is 25.5 Å². The molecule has 5 heterocycles. The van der Waals surface area contributed by atoms with Crippen LogP contribution in [0.1, 0.15) is 65.4 Å². The molecule has 0 radical (unpaired) electrons. The van der Waals surface area contributed by atoms with Gasteiger partial charge in [-0.15, -0.1) is 34.0 Å². The van der Waals surface area contributed by atoms with Gasteiger partial charge in [-0.05, 0) is 57.8 Å². The first kappa shape index (κ1) is 21.1. The Morgan fingerprint density at radius 1 is 0.778 bits per heavy atom. The van der Waals surface area contributed by atoms with E-state index in [4.69, 9.17) is 0 Å². The summed E-state index contributed by atoms with van der Waals surface area (Å²) in [4.78, 5) is 32.4. The van der Waals surface area contributed by atoms with Crippen LogP contribution in [0, 0.1) is 0 Å². The maximum atomic E-state index is 13.3. The number of amides is 2. The Hall–Kier alpha value is -3.00. The van der Waals surface area contributed by atoms with E-state index < -0.39 is 0 Å². The van der Waals surface area contributed by atoms with Gasteiger partial charge in [0.2, 0.25) is 0 Å². The van der Waals surface area contributed by atoms with E-state index in [0.717, 1.165) is 16.2 Å². The fraction of sp³-hybridized carbons (Fsp3) is 0.241. The second-order valence-corrected chi connectivity index (χ2v) is 14.0. The Morgan fingerprint density at radius 2 is 1.39 bits per heavy atom. The molecule has 0 saturated carbocycles. The van der Waals surface area contributed by atoms with E-state index in [9.17, 15) is 9.59 Å². The number of hydrogen-bond acceptors (Lipinski definition) is 5. The number of rotatable bonds is 2. The van der Waals surface area contributed by atoms with Crippen LogP contribution in [0.4, 0.5) is 0 Å². The normalized spacial score (nSPS) is 21.8. The standard InChI is InChI=1S/C29H22N2O2S3/c1-28(2)13-7-5-6-12(13)23-15(28)10-17(35-23)21-19-20(27(33)30-21)22(31-26(19)32)18-11-16-25(36-18)24-14(8-9-34-24)29(16,3)4/h5,7-11H,6H2,1-4H3,(H,30,33)(H,31,32). The summed E-state index contributed by atoms with van der Waals surface area (Å²) < 4.78 is 0. The van der Waals surface area contributed by atoms with Crippen molar-refractivity contribution in [3.05, 3.63) is 83.8 Å². The van der Waals surface area contributed by atoms with Crippen molar-refractivity contribution in [3.8, 4) is 9.75 Å². The predicted molar refractivity (Wildman–Crippen MR) is 148 cm³/mol. The molecule has 0 spiro atoms. The summed E-state index contributed by atoms with van der Waals surface area (Å²) in [5.41, 5.74) is 8.82. The molecule has 2 amide bonds. The number of allylic oxidation sites excluding steroid dienone is 4. The summed E-state index contributed by atoms with van der Waals surface area (Å²) in [7, 11) is 0. The van der Waals surface area contributed by atoms with Crippen LogP contribution in [-0.4, -0.2) is 11.8 Å². The van der Waals surface area contributed by atoms with Crippen molar-refractivity contribution < 1.29 is 9.59 Å². The molecule has 3 aromatic heterocycles. The number of fused-ring (bicyclic) bond motifs is 6. The van der Waals surface area contributed by atoms with Gasteiger partial charge in [-0.3, -0.25) is 9.59 Å². The largest absolute Gasteiger partial charge is 0.320 e. The molecule has 8 rings (SSSR count). The molecule has 3 aliphatic carbocycles. The molecular weight excluding hydrogens is 505 g/mol. The summed E-state index contributed by atoms with van der Waals surface area (Å²) in [5.74, 6) is -0.401. The lowest BCUT2D eigenvalue weighted by Crippen LogP contribution is -2.21. The SMILES string of the molecule is CC1(C)C2=C(CC=C2)c2sc(C3=C4C(=O)NC(c5cc6c(s5)-c5sccc5C6(C)C)=C4C(=O)N3)cc21. The van der Waals surface area contributed by atoms with Crippen molar-refractivity contribution in [2.24, 2.45) is 0 Å². The van der Waals surface area contributed by atoms with E-state index in [2.05, 4.69) is 74.1 Å². The van der Waals surface area contributed by atoms with Crippen molar-refractivity contribution in [3.63, 3.8) is 0 Å². The number of hydrogen-bond donors (Lipinski definition) is 2. The van der Waals surface area contributed by atoms with Gasteiger partial charge in [0.15, 0.2) is 0 Å². The van der Waals surface area contributed by atoms with Gasteiger partial charge in [0.1, 0.15) is 0 Å². The molecule has 0 unspecified atom stereocenters. The fourth-order valence-electron chi connectivity index (χ4n) is 6.47. The smallest absolute Gasteiger partial charge is 0.258 e. The van der Waals surface area contributed by atoms with Crippen molar-refractivity contribution in [2.45, 2.75) is 44.9 Å². The van der Waals surface area contributed by atoms with E-state index in [0.29, 0.717) is 22.5 Å². The quantitative estimate of drug-likeness (QED) is 0.397. The van der Waals surface area contributed by atoms with Gasteiger partial charge in [-0.2, -0.15) is 0 Å². The zero-order chi connectivity index (χ0) is 24.7. The van der Waals surface area contributed by atoms with Crippen LogP contribution < -0.4 is 10.6 Å². The highest BCUT2D eigenvalue weighted by Gasteiger charge is 2.45. The molecule has 2 N–H and O–H groups in total. The maximum Gasteiger partial charge on any atom is 0.258 e. The minimum Gasteiger partial charge on any atom is -0.320 e. The van der Waals surface area contributed by atoms with Crippen LogP contribution >= 0.6 is 34.0 Å². The summed E-state index contributed by atoms with van der Waals surface area (Å²) in [6.45, 7) is 9.01. The molecule has 178 valence electrons. The first-order valence-corrected chi connectivity index (χ1v) is 14.6. The Kier molecular flexibility index (Phi) is 3.79. The van der Waals surface area contributed by atoms with Gasteiger partial charge in [0.05, 0.1) is 32.3 Å². The lowest BCUT2D eigenvalue weighted by Gasteiger charge is -2.21. The van der Waals surface area contributed by atoms with Gasteiger partial charge < -0.3 is 10.6 Å². The third-order valence-corrected chi connectivity index (χ3v) is 11.9. The lowest BCUT2D eigenvalue weighted by molar-refractivity contribution is -0.117. The Labute approximate surface area is 220 Å². The summed E-state index contributed by atoms with van der Waals surface area (Å²) in [5, 5.41) is 8.27. The molecule has 4 nitrogen and oxygen atoms in total. The number of carbonyl (C=O) groups is 2. The molecule has 3 aromatic rings. The van der Waals surface area contributed by atoms with E-state index >= 15 is 0 Å². The Balaban J connectivity index is 1.27. The van der Waals surface area contributed by atoms with Crippen molar-refractivity contribution in [1.29, 1.82) is 0 Å². The molecule has 2 aliphatic heterocycles. The topological polar surface area (TPSA) is 58.2 Å². The molecule has 7 heteroatoms. The lowest BCUT2D eigenvalue weighted by atomic mass is 9.82. The van der Waals surface area contributed by atoms with Crippen LogP contribution in [0.5, 0.6) is 0 Å². The molecule has 5 aliphatic rings. The van der Waals surface area contributed by atoms with Crippen LogP contribution in [0.15, 0.2) is 52.5 Å². The second-order valence-electron chi connectivity index (χ2n) is 11.0. The monoisotopic (exact) mass is 526 g/mol. The highest BCUT2D eigenvalue weighted by Crippen LogP contribution is 2.57. The Bertz CT molecular complexity index is 1750. The molecular formula is C29H22N2O2S3. The van der Waals surface area contributed by atoms with Gasteiger partial charge >= 0.3 is 0 Å². The average molecular weight is 527 g/mol. The number of nitrogens with one attached hydrogen (secondary N) is 2. The zero-order valence-electron chi connectivity index (χ0n) is 20.2. The van der Waals surface area contributed by atoms with E-state index in [1.165, 1.54) is 42.5 Å². The van der Waals surface area contributed by atoms with Gasteiger partial charge in [0.25, 0.3) is 11.8 Å².